The number of nitrogens with zero attached hydrogens (tertiary/aromatic N) is 2. The minimum Gasteiger partial charge on any atom is -0.333 e. The lowest BCUT2D eigenvalue weighted by Crippen LogP contribution is -2.51. The van der Waals surface area contributed by atoms with Crippen molar-refractivity contribution in [3.63, 3.8) is 0 Å². The van der Waals surface area contributed by atoms with Gasteiger partial charge in [0.1, 0.15) is 0 Å². The molecule has 3 aliphatic rings. The number of nitrogens with one attached hydrogen (secondary N) is 2. The van der Waals surface area contributed by atoms with Crippen LogP contribution in [0, 0.1) is 0 Å². The predicted molar refractivity (Wildman–Crippen MR) is 102 cm³/mol. The zero-order valence-corrected chi connectivity index (χ0v) is 14.4. The second kappa shape index (κ2) is 6.19. The van der Waals surface area contributed by atoms with Crippen LogP contribution in [0.5, 0.6) is 0 Å². The van der Waals surface area contributed by atoms with Gasteiger partial charge in [0.25, 0.3) is 0 Å². The lowest BCUT2D eigenvalue weighted by Gasteiger charge is -2.41. The summed E-state index contributed by atoms with van der Waals surface area (Å²) in [5.74, 6) is 1.05. The average Bonchev–Trinajstić information content (AvgIpc) is 2.69. The monoisotopic (exact) mass is 332 g/mol. The first-order valence-electron chi connectivity index (χ1n) is 9.39. The fourth-order valence-electron chi connectivity index (χ4n) is 4.47. The third-order valence-corrected chi connectivity index (χ3v) is 5.68. The summed E-state index contributed by atoms with van der Waals surface area (Å²) in [7, 11) is 0. The Morgan fingerprint density at radius 1 is 1.04 bits per heavy atom. The summed E-state index contributed by atoms with van der Waals surface area (Å²) in [5.41, 5.74) is 5.52. The normalized spacial score (nSPS) is 25.0. The first-order valence-corrected chi connectivity index (χ1v) is 9.39. The maximum Gasteiger partial charge on any atom is 0.199 e. The van der Waals surface area contributed by atoms with Gasteiger partial charge in [-0.3, -0.25) is 0 Å². The highest BCUT2D eigenvalue weighted by Crippen LogP contribution is 2.41. The molecule has 0 spiro atoms. The molecule has 128 valence electrons. The molecule has 1 aliphatic carbocycles. The lowest BCUT2D eigenvalue weighted by molar-refractivity contribution is 0.258. The van der Waals surface area contributed by atoms with E-state index in [1.165, 1.54) is 35.2 Å². The van der Waals surface area contributed by atoms with E-state index in [0.717, 1.165) is 32.0 Å². The fraction of sp³-hybridized carbons (Fsp3) is 0.381. The van der Waals surface area contributed by atoms with Crippen molar-refractivity contribution in [3.05, 3.63) is 65.2 Å². The molecule has 25 heavy (non-hydrogen) atoms. The Bertz CT molecular complexity index is 799. The molecular formula is C21H24N4. The zero-order chi connectivity index (χ0) is 16.6. The van der Waals surface area contributed by atoms with E-state index in [2.05, 4.69) is 64.1 Å². The summed E-state index contributed by atoms with van der Waals surface area (Å²) in [6, 6.07) is 18.1. The van der Waals surface area contributed by atoms with Crippen molar-refractivity contribution in [3.8, 4) is 0 Å². The first-order chi connectivity index (χ1) is 12.4. The number of guanidine groups is 1. The van der Waals surface area contributed by atoms with Crippen molar-refractivity contribution in [1.29, 1.82) is 0 Å². The number of piperazine rings is 1. The smallest absolute Gasteiger partial charge is 0.199 e. The van der Waals surface area contributed by atoms with Crippen molar-refractivity contribution >= 4 is 11.6 Å². The van der Waals surface area contributed by atoms with E-state index in [9.17, 15) is 0 Å². The van der Waals surface area contributed by atoms with Gasteiger partial charge in [0.15, 0.2) is 5.96 Å². The number of hydrogen-bond acceptors (Lipinski definition) is 4. The highest BCUT2D eigenvalue weighted by molar-refractivity contribution is 5.97. The fourth-order valence-corrected chi connectivity index (χ4v) is 4.47. The minimum atomic E-state index is 0.322. The number of aliphatic imine (C=N–C) groups is 1. The molecule has 2 unspecified atom stereocenters. The van der Waals surface area contributed by atoms with Gasteiger partial charge in [-0.2, -0.15) is 0 Å². The van der Waals surface area contributed by atoms with Crippen molar-refractivity contribution in [2.24, 2.45) is 4.99 Å². The summed E-state index contributed by atoms with van der Waals surface area (Å²) in [5, 5.41) is 7.20. The summed E-state index contributed by atoms with van der Waals surface area (Å²) >= 11 is 0. The molecule has 0 amide bonds. The molecule has 2 heterocycles. The topological polar surface area (TPSA) is 39.7 Å². The van der Waals surface area contributed by atoms with Gasteiger partial charge in [0.2, 0.25) is 0 Å². The molecule has 2 N–H and O–H groups in total. The third kappa shape index (κ3) is 2.61. The molecule has 2 atom stereocenters. The molecule has 2 aliphatic heterocycles. The van der Waals surface area contributed by atoms with Gasteiger partial charge in [0, 0.05) is 30.9 Å². The Kier molecular flexibility index (Phi) is 3.71. The van der Waals surface area contributed by atoms with Crippen LogP contribution in [0.3, 0.4) is 0 Å². The van der Waals surface area contributed by atoms with Crippen LogP contribution in [-0.2, 0) is 6.42 Å². The van der Waals surface area contributed by atoms with Gasteiger partial charge >= 0.3 is 0 Å². The van der Waals surface area contributed by atoms with Crippen molar-refractivity contribution in [2.75, 3.05) is 25.0 Å². The molecule has 1 saturated heterocycles. The summed E-state index contributed by atoms with van der Waals surface area (Å²) in [6.45, 7) is 2.94. The van der Waals surface area contributed by atoms with Crippen molar-refractivity contribution in [2.45, 2.75) is 31.3 Å². The molecule has 4 heteroatoms. The second-order valence-corrected chi connectivity index (χ2v) is 7.19. The van der Waals surface area contributed by atoms with E-state index in [1.807, 2.05) is 0 Å². The highest BCUT2D eigenvalue weighted by Gasteiger charge is 2.32. The minimum absolute atomic E-state index is 0.322. The third-order valence-electron chi connectivity index (χ3n) is 5.68. The number of anilines is 1. The molecule has 5 rings (SSSR count). The van der Waals surface area contributed by atoms with Crippen LogP contribution >= 0.6 is 0 Å². The summed E-state index contributed by atoms with van der Waals surface area (Å²) in [6.07, 6.45) is 3.59. The first kappa shape index (κ1) is 15.0. The average molecular weight is 332 g/mol. The standard InChI is InChI=1S/C21H24N4/c1-2-6-15(7-3-1)19-14-22-12-13-25(19)21-23-17-10-4-8-16-9-5-11-18(24-21)20(16)17/h1-4,6-8,10,18-19,22H,5,9,11-14H2,(H,23,24). The van der Waals surface area contributed by atoms with Crippen molar-refractivity contribution in [1.82, 2.24) is 10.2 Å². The summed E-state index contributed by atoms with van der Waals surface area (Å²) in [4.78, 5) is 7.61. The van der Waals surface area contributed by atoms with E-state index in [0.29, 0.717) is 12.1 Å². The Hall–Kier alpha value is -2.33. The molecule has 0 saturated carbocycles. The predicted octanol–water partition coefficient (Wildman–Crippen LogP) is 3.49. The Morgan fingerprint density at radius 2 is 1.96 bits per heavy atom. The number of hydrogen-bond donors (Lipinski definition) is 2. The lowest BCUT2D eigenvalue weighted by atomic mass is 9.86. The second-order valence-electron chi connectivity index (χ2n) is 7.19. The van der Waals surface area contributed by atoms with Gasteiger partial charge in [-0.15, -0.1) is 0 Å². The van der Waals surface area contributed by atoms with Gasteiger partial charge in [-0.05, 0) is 36.5 Å². The van der Waals surface area contributed by atoms with E-state index in [-0.39, 0.29) is 0 Å². The van der Waals surface area contributed by atoms with E-state index < -0.39 is 0 Å². The highest BCUT2D eigenvalue weighted by atomic mass is 15.4. The quantitative estimate of drug-likeness (QED) is 0.840. The molecule has 0 radical (unpaired) electrons. The Balaban J connectivity index is 1.51. The van der Waals surface area contributed by atoms with Crippen LogP contribution in [-0.4, -0.2) is 30.5 Å². The van der Waals surface area contributed by atoms with Crippen molar-refractivity contribution < 1.29 is 0 Å². The van der Waals surface area contributed by atoms with Gasteiger partial charge < -0.3 is 15.5 Å². The van der Waals surface area contributed by atoms with E-state index >= 15 is 0 Å². The molecular weight excluding hydrogens is 308 g/mol. The van der Waals surface area contributed by atoms with Gasteiger partial charge in [-0.1, -0.05) is 42.5 Å². The molecule has 4 nitrogen and oxygen atoms in total. The van der Waals surface area contributed by atoms with Gasteiger partial charge in [-0.25, -0.2) is 4.99 Å². The largest absolute Gasteiger partial charge is 0.333 e. The van der Waals surface area contributed by atoms with Crippen LogP contribution in [0.15, 0.2) is 53.5 Å². The van der Waals surface area contributed by atoms with Crippen LogP contribution in [0.25, 0.3) is 0 Å². The van der Waals surface area contributed by atoms with E-state index in [1.54, 1.807) is 0 Å². The van der Waals surface area contributed by atoms with Crippen LogP contribution in [0.1, 0.15) is 41.6 Å². The zero-order valence-electron chi connectivity index (χ0n) is 14.4. The van der Waals surface area contributed by atoms with Crippen LogP contribution in [0.4, 0.5) is 5.69 Å². The van der Waals surface area contributed by atoms with Gasteiger partial charge in [0.05, 0.1) is 12.1 Å². The maximum atomic E-state index is 5.16. The molecule has 0 aromatic heterocycles. The number of benzene rings is 2. The van der Waals surface area contributed by atoms with E-state index in [4.69, 9.17) is 4.99 Å². The Morgan fingerprint density at radius 3 is 2.88 bits per heavy atom. The number of rotatable bonds is 1. The molecule has 0 bridgehead atoms. The number of aryl methyl sites for hydroxylation is 1. The van der Waals surface area contributed by atoms with Crippen LogP contribution < -0.4 is 10.6 Å². The Labute approximate surface area is 149 Å². The molecule has 2 aromatic carbocycles. The SMILES string of the molecule is c1ccc(C2CNCCN2C2=NC3CCCc4cccc(c43)N2)cc1. The van der Waals surface area contributed by atoms with Crippen LogP contribution in [0.2, 0.25) is 0 Å². The summed E-state index contributed by atoms with van der Waals surface area (Å²) < 4.78 is 0. The molecule has 2 aromatic rings. The molecule has 1 fully saturated rings. The maximum absolute atomic E-state index is 5.16.